The van der Waals surface area contributed by atoms with Crippen molar-refractivity contribution in [2.24, 2.45) is 5.73 Å². The van der Waals surface area contributed by atoms with Gasteiger partial charge in [-0.05, 0) is 57.0 Å². The van der Waals surface area contributed by atoms with Gasteiger partial charge in [-0.25, -0.2) is 0 Å². The number of fused-ring (bicyclic) bond motifs is 1. The lowest BCUT2D eigenvalue weighted by atomic mass is 9.82. The molecule has 2 heterocycles. The summed E-state index contributed by atoms with van der Waals surface area (Å²) in [5.41, 5.74) is 7.35. The van der Waals surface area contributed by atoms with Crippen LogP contribution in [0.2, 0.25) is 5.02 Å². The first kappa shape index (κ1) is 14.2. The average molecular weight is 295 g/mol. The van der Waals surface area contributed by atoms with Crippen molar-refractivity contribution in [1.82, 2.24) is 4.90 Å². The molecule has 2 aliphatic rings. The van der Waals surface area contributed by atoms with Gasteiger partial charge in [0.25, 0.3) is 0 Å². The van der Waals surface area contributed by atoms with E-state index in [1.54, 1.807) is 0 Å². The van der Waals surface area contributed by atoms with Gasteiger partial charge >= 0.3 is 0 Å². The van der Waals surface area contributed by atoms with Gasteiger partial charge < -0.3 is 10.5 Å². The molecule has 0 bridgehead atoms. The Morgan fingerprint density at radius 3 is 2.75 bits per heavy atom. The van der Waals surface area contributed by atoms with Gasteiger partial charge in [-0.2, -0.15) is 0 Å². The summed E-state index contributed by atoms with van der Waals surface area (Å²) >= 11 is 6.24. The number of hydrogen-bond acceptors (Lipinski definition) is 3. The van der Waals surface area contributed by atoms with Crippen molar-refractivity contribution in [3.05, 3.63) is 28.8 Å². The van der Waals surface area contributed by atoms with Crippen LogP contribution in [0.5, 0.6) is 5.75 Å². The van der Waals surface area contributed by atoms with Crippen molar-refractivity contribution >= 4 is 11.6 Å². The van der Waals surface area contributed by atoms with Gasteiger partial charge in [0.15, 0.2) is 0 Å². The molecule has 3 nitrogen and oxygen atoms in total. The smallest absolute Gasteiger partial charge is 0.124 e. The minimum atomic E-state index is -0.100. The molecule has 20 heavy (non-hydrogen) atoms. The quantitative estimate of drug-likeness (QED) is 0.910. The molecule has 110 valence electrons. The zero-order chi connectivity index (χ0) is 14.0. The van der Waals surface area contributed by atoms with Gasteiger partial charge in [0.1, 0.15) is 5.75 Å². The monoisotopic (exact) mass is 294 g/mol. The maximum atomic E-state index is 6.26. The Labute approximate surface area is 126 Å². The number of piperidine rings is 1. The van der Waals surface area contributed by atoms with Crippen molar-refractivity contribution in [2.75, 3.05) is 26.2 Å². The number of nitrogens with two attached hydrogens (primary N) is 1. The van der Waals surface area contributed by atoms with Crippen molar-refractivity contribution in [1.29, 1.82) is 0 Å². The van der Waals surface area contributed by atoms with E-state index in [1.807, 2.05) is 12.1 Å². The third-order valence-corrected chi connectivity index (χ3v) is 4.97. The maximum absolute atomic E-state index is 6.26. The van der Waals surface area contributed by atoms with E-state index in [9.17, 15) is 0 Å². The first-order valence-corrected chi connectivity index (χ1v) is 8.02. The van der Waals surface area contributed by atoms with Crippen LogP contribution >= 0.6 is 11.6 Å². The van der Waals surface area contributed by atoms with Crippen molar-refractivity contribution in [3.8, 4) is 5.75 Å². The van der Waals surface area contributed by atoms with E-state index in [1.165, 1.54) is 24.8 Å². The van der Waals surface area contributed by atoms with E-state index in [-0.39, 0.29) is 5.54 Å². The lowest BCUT2D eigenvalue weighted by molar-refractivity contribution is 0.0625. The number of rotatable bonds is 2. The van der Waals surface area contributed by atoms with E-state index in [4.69, 9.17) is 22.1 Å². The molecule has 0 spiro atoms. The summed E-state index contributed by atoms with van der Waals surface area (Å²) < 4.78 is 5.91. The summed E-state index contributed by atoms with van der Waals surface area (Å²) in [6, 6.07) is 5.96. The van der Waals surface area contributed by atoms with Gasteiger partial charge in [-0.1, -0.05) is 18.0 Å². The van der Waals surface area contributed by atoms with E-state index in [0.717, 1.165) is 43.3 Å². The normalized spacial score (nSPS) is 27.5. The molecule has 1 atom stereocenters. The lowest BCUT2D eigenvalue weighted by Gasteiger charge is -2.45. The lowest BCUT2D eigenvalue weighted by Crippen LogP contribution is -2.53. The van der Waals surface area contributed by atoms with Gasteiger partial charge in [-0.15, -0.1) is 0 Å². The molecule has 0 aromatic heterocycles. The summed E-state index contributed by atoms with van der Waals surface area (Å²) in [5, 5.41) is 0.768. The molecule has 1 aromatic carbocycles. The second kappa shape index (κ2) is 5.92. The molecule has 0 saturated carbocycles. The van der Waals surface area contributed by atoms with Crippen LogP contribution in [0.3, 0.4) is 0 Å². The Kier molecular flexibility index (Phi) is 4.20. The number of ether oxygens (including phenoxy) is 1. The zero-order valence-corrected chi connectivity index (χ0v) is 12.7. The highest BCUT2D eigenvalue weighted by molar-refractivity contribution is 6.30. The molecule has 1 aromatic rings. The highest BCUT2D eigenvalue weighted by Crippen LogP contribution is 2.42. The fraction of sp³-hybridized carbons (Fsp3) is 0.625. The molecule has 4 heteroatoms. The van der Waals surface area contributed by atoms with Crippen molar-refractivity contribution < 1.29 is 4.74 Å². The molecule has 1 fully saturated rings. The number of halogens is 1. The molecule has 2 aliphatic heterocycles. The predicted octanol–water partition coefficient (Wildman–Crippen LogP) is 3.15. The summed E-state index contributed by atoms with van der Waals surface area (Å²) in [6.45, 7) is 3.65. The number of likely N-dealkylation sites (tertiary alicyclic amines) is 1. The Hall–Kier alpha value is -0.770. The standard InChI is InChI=1S/C16H23ClN2O/c17-13-5-6-15-14(11-13)16(12-18,7-4-10-20-15)19-8-2-1-3-9-19/h5-6,11H,1-4,7-10,12,18H2. The van der Waals surface area contributed by atoms with E-state index < -0.39 is 0 Å². The molecule has 1 saturated heterocycles. The molecular weight excluding hydrogens is 272 g/mol. The average Bonchev–Trinajstić information content (AvgIpc) is 2.68. The predicted molar refractivity (Wildman–Crippen MR) is 82.3 cm³/mol. The summed E-state index contributed by atoms with van der Waals surface area (Å²) in [7, 11) is 0. The Morgan fingerprint density at radius 1 is 1.20 bits per heavy atom. The van der Waals surface area contributed by atoms with Crippen LogP contribution in [-0.2, 0) is 5.54 Å². The Morgan fingerprint density at radius 2 is 2.00 bits per heavy atom. The largest absolute Gasteiger partial charge is 0.493 e. The molecular formula is C16H23ClN2O. The topological polar surface area (TPSA) is 38.5 Å². The van der Waals surface area contributed by atoms with Gasteiger partial charge in [0.2, 0.25) is 0 Å². The molecule has 0 radical (unpaired) electrons. The van der Waals surface area contributed by atoms with Crippen LogP contribution in [0.25, 0.3) is 0 Å². The maximum Gasteiger partial charge on any atom is 0.124 e. The third kappa shape index (κ3) is 2.43. The summed E-state index contributed by atoms with van der Waals surface area (Å²) in [4.78, 5) is 2.57. The molecule has 0 aliphatic carbocycles. The van der Waals surface area contributed by atoms with Crippen LogP contribution in [-0.4, -0.2) is 31.1 Å². The first-order valence-electron chi connectivity index (χ1n) is 7.64. The molecule has 3 rings (SSSR count). The Bertz CT molecular complexity index is 474. The molecule has 2 N–H and O–H groups in total. The van der Waals surface area contributed by atoms with E-state index in [0.29, 0.717) is 6.54 Å². The van der Waals surface area contributed by atoms with Gasteiger partial charge in [0.05, 0.1) is 12.1 Å². The van der Waals surface area contributed by atoms with E-state index in [2.05, 4.69) is 11.0 Å². The molecule has 0 amide bonds. The molecule has 1 unspecified atom stereocenters. The zero-order valence-electron chi connectivity index (χ0n) is 11.9. The highest BCUT2D eigenvalue weighted by atomic mass is 35.5. The van der Waals surface area contributed by atoms with Crippen LogP contribution in [0.1, 0.15) is 37.7 Å². The second-order valence-corrected chi connectivity index (χ2v) is 6.31. The van der Waals surface area contributed by atoms with Crippen molar-refractivity contribution in [2.45, 2.75) is 37.6 Å². The summed E-state index contributed by atoms with van der Waals surface area (Å²) in [5.74, 6) is 0.961. The van der Waals surface area contributed by atoms with Crippen LogP contribution in [0, 0.1) is 0 Å². The minimum Gasteiger partial charge on any atom is -0.493 e. The van der Waals surface area contributed by atoms with Crippen molar-refractivity contribution in [3.63, 3.8) is 0 Å². The third-order valence-electron chi connectivity index (χ3n) is 4.73. The minimum absolute atomic E-state index is 0.100. The fourth-order valence-corrected chi connectivity index (χ4v) is 3.84. The van der Waals surface area contributed by atoms with Crippen LogP contribution < -0.4 is 10.5 Å². The van der Waals surface area contributed by atoms with E-state index >= 15 is 0 Å². The number of hydrogen-bond donors (Lipinski definition) is 1. The van der Waals surface area contributed by atoms with Crippen LogP contribution in [0.15, 0.2) is 18.2 Å². The van der Waals surface area contributed by atoms with Crippen LogP contribution in [0.4, 0.5) is 0 Å². The second-order valence-electron chi connectivity index (χ2n) is 5.88. The highest BCUT2D eigenvalue weighted by Gasteiger charge is 2.40. The SMILES string of the molecule is NCC1(N2CCCCC2)CCCOc2ccc(Cl)cc21. The first-order chi connectivity index (χ1) is 9.76. The number of nitrogens with zero attached hydrogens (tertiary/aromatic N) is 1. The van der Waals surface area contributed by atoms with Gasteiger partial charge in [-0.3, -0.25) is 4.90 Å². The summed E-state index contributed by atoms with van der Waals surface area (Å²) in [6.07, 6.45) is 5.95. The number of benzene rings is 1. The van der Waals surface area contributed by atoms with Gasteiger partial charge in [0, 0.05) is 17.1 Å². The Balaban J connectivity index is 2.06. The fourth-order valence-electron chi connectivity index (χ4n) is 3.66.